The van der Waals surface area contributed by atoms with Gasteiger partial charge in [-0.1, -0.05) is 58.4 Å². The van der Waals surface area contributed by atoms with Crippen molar-refractivity contribution in [2.24, 2.45) is 0 Å². The van der Waals surface area contributed by atoms with E-state index in [0.29, 0.717) is 0 Å². The van der Waals surface area contributed by atoms with Crippen molar-refractivity contribution in [2.45, 2.75) is 10.9 Å². The Morgan fingerprint density at radius 2 is 2.00 bits per heavy atom. The van der Waals surface area contributed by atoms with E-state index >= 15 is 0 Å². The van der Waals surface area contributed by atoms with E-state index in [1.807, 2.05) is 36.4 Å². The molecular weight excluding hydrogens is 242 g/mol. The van der Waals surface area contributed by atoms with E-state index in [1.165, 1.54) is 0 Å². The number of aliphatic hydroxyl groups excluding tert-OH is 1. The molecule has 0 radical (unpaired) electrons. The fraction of sp³-hybridized carbons (Fsp3) is 0.182. The highest BCUT2D eigenvalue weighted by Crippen LogP contribution is 2.08. The zero-order valence-electron chi connectivity index (χ0n) is 7.47. The lowest BCUT2D eigenvalue weighted by Gasteiger charge is -2.04. The van der Waals surface area contributed by atoms with E-state index in [1.54, 1.807) is 12.2 Å². The third kappa shape index (κ3) is 3.33. The molecule has 1 aromatic carbocycles. The van der Waals surface area contributed by atoms with Gasteiger partial charge in [0.15, 0.2) is 0 Å². The van der Waals surface area contributed by atoms with Gasteiger partial charge in [0.1, 0.15) is 4.83 Å². The van der Waals surface area contributed by atoms with Crippen LogP contribution in [0, 0.1) is 11.3 Å². The SMILES string of the molecule is N#CC(Br)C(O)/C=C/c1ccccc1. The van der Waals surface area contributed by atoms with E-state index in [0.717, 1.165) is 5.56 Å². The minimum atomic E-state index is -0.778. The first-order chi connectivity index (χ1) is 6.74. The van der Waals surface area contributed by atoms with Crippen LogP contribution in [-0.4, -0.2) is 16.0 Å². The third-order valence-electron chi connectivity index (χ3n) is 1.71. The molecule has 1 N–H and O–H groups in total. The van der Waals surface area contributed by atoms with Crippen LogP contribution in [0.4, 0.5) is 0 Å². The molecule has 2 atom stereocenters. The molecule has 0 fully saturated rings. The number of benzene rings is 1. The molecule has 0 bridgehead atoms. The van der Waals surface area contributed by atoms with E-state index < -0.39 is 10.9 Å². The van der Waals surface area contributed by atoms with Crippen molar-refractivity contribution in [3.05, 3.63) is 42.0 Å². The highest BCUT2D eigenvalue weighted by molar-refractivity contribution is 9.09. The van der Waals surface area contributed by atoms with Gasteiger partial charge in [0.05, 0.1) is 12.2 Å². The normalized spacial score (nSPS) is 14.9. The highest BCUT2D eigenvalue weighted by atomic mass is 79.9. The molecule has 0 aliphatic rings. The van der Waals surface area contributed by atoms with Crippen molar-refractivity contribution >= 4 is 22.0 Å². The van der Waals surface area contributed by atoms with Gasteiger partial charge in [0, 0.05) is 0 Å². The summed E-state index contributed by atoms with van der Waals surface area (Å²) in [7, 11) is 0. The second-order valence-electron chi connectivity index (χ2n) is 2.79. The first-order valence-electron chi connectivity index (χ1n) is 4.19. The van der Waals surface area contributed by atoms with E-state index in [-0.39, 0.29) is 0 Å². The van der Waals surface area contributed by atoms with Gasteiger partial charge in [0.25, 0.3) is 0 Å². The van der Waals surface area contributed by atoms with Crippen LogP contribution in [0.3, 0.4) is 0 Å². The van der Waals surface area contributed by atoms with Crippen LogP contribution in [-0.2, 0) is 0 Å². The molecule has 1 aromatic rings. The minimum absolute atomic E-state index is 0.553. The van der Waals surface area contributed by atoms with Crippen molar-refractivity contribution in [3.63, 3.8) is 0 Å². The van der Waals surface area contributed by atoms with Gasteiger partial charge in [-0.15, -0.1) is 0 Å². The Hall–Kier alpha value is -1.11. The van der Waals surface area contributed by atoms with E-state index in [2.05, 4.69) is 15.9 Å². The summed E-state index contributed by atoms with van der Waals surface area (Å²) in [5.41, 5.74) is 1.00. The minimum Gasteiger partial charge on any atom is -0.387 e. The molecule has 0 aliphatic heterocycles. The van der Waals surface area contributed by atoms with Gasteiger partial charge < -0.3 is 5.11 Å². The first-order valence-corrected chi connectivity index (χ1v) is 5.10. The summed E-state index contributed by atoms with van der Waals surface area (Å²) in [5, 5.41) is 17.9. The topological polar surface area (TPSA) is 44.0 Å². The summed E-state index contributed by atoms with van der Waals surface area (Å²) in [6.07, 6.45) is 2.61. The number of nitriles is 1. The summed E-state index contributed by atoms with van der Waals surface area (Å²) >= 11 is 3.05. The Morgan fingerprint density at radius 1 is 1.36 bits per heavy atom. The Labute approximate surface area is 91.6 Å². The van der Waals surface area contributed by atoms with Crippen molar-refractivity contribution < 1.29 is 5.11 Å². The fourth-order valence-corrected chi connectivity index (χ4v) is 1.12. The van der Waals surface area contributed by atoms with E-state index in [4.69, 9.17) is 5.26 Å². The predicted molar refractivity (Wildman–Crippen MR) is 59.8 cm³/mol. The molecule has 0 aliphatic carbocycles. The van der Waals surface area contributed by atoms with Crippen molar-refractivity contribution in [1.82, 2.24) is 0 Å². The first kappa shape index (κ1) is 11.0. The van der Waals surface area contributed by atoms with Crippen LogP contribution in [0.1, 0.15) is 5.56 Å². The maximum Gasteiger partial charge on any atom is 0.131 e. The largest absolute Gasteiger partial charge is 0.387 e. The Balaban J connectivity index is 2.61. The average Bonchev–Trinajstić information content (AvgIpc) is 2.26. The molecule has 0 spiro atoms. The van der Waals surface area contributed by atoms with Gasteiger partial charge in [-0.2, -0.15) is 5.26 Å². The molecule has 0 aromatic heterocycles. The molecule has 14 heavy (non-hydrogen) atoms. The van der Waals surface area contributed by atoms with Gasteiger partial charge in [-0.3, -0.25) is 0 Å². The summed E-state index contributed by atoms with van der Waals surface area (Å²) in [6, 6.07) is 11.5. The molecule has 2 unspecified atom stereocenters. The smallest absolute Gasteiger partial charge is 0.131 e. The maximum absolute atomic E-state index is 9.42. The molecule has 2 nitrogen and oxygen atoms in total. The second-order valence-corrected chi connectivity index (χ2v) is 3.78. The zero-order chi connectivity index (χ0) is 10.4. The van der Waals surface area contributed by atoms with E-state index in [9.17, 15) is 5.11 Å². The summed E-state index contributed by atoms with van der Waals surface area (Å²) in [6.45, 7) is 0. The maximum atomic E-state index is 9.42. The number of halogens is 1. The number of alkyl halides is 1. The average molecular weight is 252 g/mol. The van der Waals surface area contributed by atoms with Crippen molar-refractivity contribution in [1.29, 1.82) is 5.26 Å². The standard InChI is InChI=1S/C11H10BrNO/c12-10(8-13)11(14)7-6-9-4-2-1-3-5-9/h1-7,10-11,14H/b7-6+. The van der Waals surface area contributed by atoms with Gasteiger partial charge in [0.2, 0.25) is 0 Å². The molecule has 72 valence electrons. The molecule has 3 heteroatoms. The quantitative estimate of drug-likeness (QED) is 0.839. The molecular formula is C11H10BrNO. The zero-order valence-corrected chi connectivity index (χ0v) is 9.05. The summed E-state index contributed by atoms with van der Waals surface area (Å²) in [4.78, 5) is -0.553. The number of rotatable bonds is 3. The monoisotopic (exact) mass is 251 g/mol. The van der Waals surface area contributed by atoms with Gasteiger partial charge in [-0.05, 0) is 5.56 Å². The van der Waals surface area contributed by atoms with Crippen molar-refractivity contribution in [3.8, 4) is 6.07 Å². The molecule has 1 rings (SSSR count). The molecule has 0 saturated carbocycles. The highest BCUT2D eigenvalue weighted by Gasteiger charge is 2.10. The Morgan fingerprint density at radius 3 is 2.57 bits per heavy atom. The van der Waals surface area contributed by atoms with Gasteiger partial charge >= 0.3 is 0 Å². The van der Waals surface area contributed by atoms with Crippen LogP contribution in [0.2, 0.25) is 0 Å². The molecule has 0 heterocycles. The lowest BCUT2D eigenvalue weighted by Crippen LogP contribution is -2.14. The Kier molecular flexibility index (Phi) is 4.37. The lowest BCUT2D eigenvalue weighted by atomic mass is 10.1. The van der Waals surface area contributed by atoms with Crippen LogP contribution in [0.5, 0.6) is 0 Å². The summed E-state index contributed by atoms with van der Waals surface area (Å²) < 4.78 is 0. The van der Waals surface area contributed by atoms with Gasteiger partial charge in [-0.25, -0.2) is 0 Å². The number of hydrogen-bond acceptors (Lipinski definition) is 2. The van der Waals surface area contributed by atoms with Crippen LogP contribution in [0.15, 0.2) is 36.4 Å². The van der Waals surface area contributed by atoms with Crippen LogP contribution >= 0.6 is 15.9 Å². The second kappa shape index (κ2) is 5.58. The van der Waals surface area contributed by atoms with Crippen LogP contribution < -0.4 is 0 Å². The third-order valence-corrected chi connectivity index (χ3v) is 2.46. The number of nitrogens with zero attached hydrogens (tertiary/aromatic N) is 1. The fourth-order valence-electron chi connectivity index (χ4n) is 0.948. The summed E-state index contributed by atoms with van der Waals surface area (Å²) in [5.74, 6) is 0. The predicted octanol–water partition coefficient (Wildman–Crippen LogP) is 2.35. The lowest BCUT2D eigenvalue weighted by molar-refractivity contribution is 0.236. The Bertz CT molecular complexity index is 342. The number of hydrogen-bond donors (Lipinski definition) is 1. The molecule has 0 saturated heterocycles. The number of aliphatic hydroxyl groups is 1. The molecule has 0 amide bonds. The van der Waals surface area contributed by atoms with Crippen molar-refractivity contribution in [2.75, 3.05) is 0 Å². The van der Waals surface area contributed by atoms with Crippen LogP contribution in [0.25, 0.3) is 6.08 Å².